The van der Waals surface area contributed by atoms with E-state index >= 15 is 0 Å². The Morgan fingerprint density at radius 1 is 1.23 bits per heavy atom. The van der Waals surface area contributed by atoms with Crippen molar-refractivity contribution in [3.63, 3.8) is 0 Å². The SMILES string of the molecule is CCCCN1C(=O)/C(=C\c2ccc(OC)c(CSc3nc(C(F)F)cc(-c4ccccc4)c3C#N)c2)NC1=S. The molecule has 2 aromatic carbocycles. The first-order valence-corrected chi connectivity index (χ1v) is 13.7. The number of hydrogen-bond donors (Lipinski definition) is 1. The predicted octanol–water partition coefficient (Wildman–Crippen LogP) is 6.72. The second-order valence-corrected chi connectivity index (χ2v) is 10.1. The Balaban J connectivity index is 1.64. The number of rotatable bonds is 10. The van der Waals surface area contributed by atoms with Crippen LogP contribution in [0.25, 0.3) is 17.2 Å². The minimum absolute atomic E-state index is 0.180. The molecule has 1 amide bonds. The van der Waals surface area contributed by atoms with Crippen LogP contribution >= 0.6 is 24.0 Å². The molecule has 0 unspecified atom stereocenters. The number of nitrogens with zero attached hydrogens (tertiary/aromatic N) is 3. The topological polar surface area (TPSA) is 78.2 Å². The van der Waals surface area contributed by atoms with Gasteiger partial charge in [0.25, 0.3) is 12.3 Å². The molecule has 6 nitrogen and oxygen atoms in total. The van der Waals surface area contributed by atoms with Crippen LogP contribution in [-0.4, -0.2) is 34.6 Å². The van der Waals surface area contributed by atoms with Crippen molar-refractivity contribution in [2.45, 2.75) is 37.0 Å². The third kappa shape index (κ3) is 6.44. The van der Waals surface area contributed by atoms with Crippen molar-refractivity contribution in [3.8, 4) is 22.9 Å². The standard InChI is InChI=1S/C29H26F2N4O2S2/c1-3-4-12-35-28(36)24(34-29(35)38)14-18-10-11-25(37-2)20(13-18)17-39-27-22(16-32)21(15-23(33-27)26(30)31)19-8-6-5-7-9-19/h5-11,13-15,26H,3-4,12,17H2,1-2H3,(H,34,38)/b24-14+. The smallest absolute Gasteiger partial charge is 0.280 e. The van der Waals surface area contributed by atoms with Crippen molar-refractivity contribution < 1.29 is 18.3 Å². The highest BCUT2D eigenvalue weighted by atomic mass is 32.2. The van der Waals surface area contributed by atoms with E-state index in [1.807, 2.05) is 25.1 Å². The lowest BCUT2D eigenvalue weighted by atomic mass is 10.0. The Hall–Kier alpha value is -3.81. The number of benzene rings is 2. The monoisotopic (exact) mass is 564 g/mol. The van der Waals surface area contributed by atoms with E-state index in [1.165, 1.54) is 24.9 Å². The number of thiocarbonyl (C=S) groups is 1. The molecule has 0 bridgehead atoms. The minimum Gasteiger partial charge on any atom is -0.496 e. The van der Waals surface area contributed by atoms with E-state index in [-0.39, 0.29) is 16.5 Å². The van der Waals surface area contributed by atoms with Gasteiger partial charge in [0, 0.05) is 23.4 Å². The van der Waals surface area contributed by atoms with Gasteiger partial charge >= 0.3 is 0 Å². The summed E-state index contributed by atoms with van der Waals surface area (Å²) in [5.74, 6) is 0.702. The summed E-state index contributed by atoms with van der Waals surface area (Å²) in [6.07, 6.45) is 0.726. The molecule has 1 N–H and O–H groups in total. The van der Waals surface area contributed by atoms with E-state index < -0.39 is 12.1 Å². The van der Waals surface area contributed by atoms with Crippen LogP contribution in [0.4, 0.5) is 8.78 Å². The second kappa shape index (κ2) is 12.8. The molecular weight excluding hydrogens is 538 g/mol. The van der Waals surface area contributed by atoms with Crippen LogP contribution in [0.2, 0.25) is 0 Å². The molecule has 3 aromatic rings. The first-order valence-electron chi connectivity index (χ1n) is 12.3. The zero-order valence-electron chi connectivity index (χ0n) is 21.4. The van der Waals surface area contributed by atoms with Crippen LogP contribution in [0.1, 0.15) is 48.6 Å². The van der Waals surface area contributed by atoms with Crippen molar-refractivity contribution in [1.29, 1.82) is 5.26 Å². The van der Waals surface area contributed by atoms with E-state index in [4.69, 9.17) is 17.0 Å². The van der Waals surface area contributed by atoms with Crippen LogP contribution < -0.4 is 10.1 Å². The zero-order chi connectivity index (χ0) is 27.9. The zero-order valence-corrected chi connectivity index (χ0v) is 23.0. The molecule has 10 heteroatoms. The van der Waals surface area contributed by atoms with Crippen LogP contribution in [0.3, 0.4) is 0 Å². The summed E-state index contributed by atoms with van der Waals surface area (Å²) < 4.78 is 33.0. The Bertz CT molecular complexity index is 1460. The molecule has 0 spiro atoms. The number of unbranched alkanes of at least 4 members (excludes halogenated alkanes) is 1. The number of hydrogen-bond acceptors (Lipinski definition) is 6. The molecule has 4 rings (SSSR count). The van der Waals surface area contributed by atoms with Gasteiger partial charge in [0.1, 0.15) is 28.2 Å². The fourth-order valence-electron chi connectivity index (χ4n) is 4.12. The van der Waals surface area contributed by atoms with Crippen molar-refractivity contribution in [1.82, 2.24) is 15.2 Å². The van der Waals surface area contributed by atoms with E-state index in [9.17, 15) is 18.8 Å². The molecular formula is C29H26F2N4O2S2. The van der Waals surface area contributed by atoms with E-state index in [0.29, 0.717) is 40.0 Å². The average molecular weight is 565 g/mol. The molecule has 200 valence electrons. The fraction of sp³-hybridized carbons (Fsp3) is 0.241. The van der Waals surface area contributed by atoms with Gasteiger partial charge in [-0.2, -0.15) is 5.26 Å². The quantitative estimate of drug-likeness (QED) is 0.166. The highest BCUT2D eigenvalue weighted by molar-refractivity contribution is 7.98. The van der Waals surface area contributed by atoms with Gasteiger partial charge in [-0.1, -0.05) is 49.7 Å². The lowest BCUT2D eigenvalue weighted by Gasteiger charge is -2.13. The Labute approximate surface area is 235 Å². The number of amides is 1. The minimum atomic E-state index is -2.79. The van der Waals surface area contributed by atoms with Crippen molar-refractivity contribution in [2.75, 3.05) is 13.7 Å². The first kappa shape index (κ1) is 28.2. The molecule has 0 atom stereocenters. The maximum atomic E-state index is 13.7. The Morgan fingerprint density at radius 3 is 2.67 bits per heavy atom. The number of ether oxygens (including phenoxy) is 1. The Kier molecular flexibility index (Phi) is 9.28. The normalized spacial score (nSPS) is 14.2. The molecule has 0 saturated carbocycles. The largest absolute Gasteiger partial charge is 0.496 e. The van der Waals surface area contributed by atoms with E-state index in [0.717, 1.165) is 24.0 Å². The van der Waals surface area contributed by atoms with Gasteiger partial charge in [0.15, 0.2) is 5.11 Å². The molecule has 0 radical (unpaired) electrons. The van der Waals surface area contributed by atoms with Gasteiger partial charge in [-0.25, -0.2) is 13.8 Å². The van der Waals surface area contributed by atoms with Crippen LogP contribution in [0, 0.1) is 11.3 Å². The lowest BCUT2D eigenvalue weighted by Crippen LogP contribution is -2.31. The number of nitrogens with one attached hydrogen (secondary N) is 1. The average Bonchev–Trinajstić information content (AvgIpc) is 3.21. The summed E-state index contributed by atoms with van der Waals surface area (Å²) in [5, 5.41) is 13.5. The summed E-state index contributed by atoms with van der Waals surface area (Å²) in [6, 6.07) is 17.8. The van der Waals surface area contributed by atoms with Gasteiger partial charge < -0.3 is 10.1 Å². The summed E-state index contributed by atoms with van der Waals surface area (Å²) in [7, 11) is 1.54. The molecule has 1 fully saturated rings. The number of pyridine rings is 1. The van der Waals surface area contributed by atoms with E-state index in [2.05, 4.69) is 16.4 Å². The molecule has 2 heterocycles. The van der Waals surface area contributed by atoms with Crippen LogP contribution in [-0.2, 0) is 10.5 Å². The fourth-order valence-corrected chi connectivity index (χ4v) is 5.39. The number of thioether (sulfide) groups is 1. The number of alkyl halides is 2. The predicted molar refractivity (Wildman–Crippen MR) is 152 cm³/mol. The summed E-state index contributed by atoms with van der Waals surface area (Å²) in [6.45, 7) is 2.60. The third-order valence-electron chi connectivity index (χ3n) is 6.10. The van der Waals surface area contributed by atoms with Gasteiger partial charge in [-0.05, 0) is 54.0 Å². The number of carbonyl (C=O) groups is 1. The molecule has 1 aromatic heterocycles. The first-order chi connectivity index (χ1) is 18.9. The van der Waals surface area contributed by atoms with Crippen molar-refractivity contribution >= 4 is 41.1 Å². The van der Waals surface area contributed by atoms with Crippen molar-refractivity contribution in [3.05, 3.63) is 82.7 Å². The highest BCUT2D eigenvalue weighted by Gasteiger charge is 2.30. The molecule has 1 saturated heterocycles. The summed E-state index contributed by atoms with van der Waals surface area (Å²) in [5.41, 5.74) is 2.77. The Morgan fingerprint density at radius 2 is 2.00 bits per heavy atom. The molecule has 1 aliphatic heterocycles. The molecule has 39 heavy (non-hydrogen) atoms. The maximum absolute atomic E-state index is 13.7. The highest BCUT2D eigenvalue weighted by Crippen LogP contribution is 2.36. The van der Waals surface area contributed by atoms with Gasteiger partial charge in [-0.15, -0.1) is 11.8 Å². The van der Waals surface area contributed by atoms with Gasteiger partial charge in [0.05, 0.1) is 12.7 Å². The van der Waals surface area contributed by atoms with Crippen LogP contribution in [0.15, 0.2) is 65.3 Å². The number of aromatic nitrogens is 1. The third-order valence-corrected chi connectivity index (χ3v) is 7.45. The van der Waals surface area contributed by atoms with Gasteiger partial charge in [-0.3, -0.25) is 9.69 Å². The number of halogens is 2. The molecule has 1 aliphatic rings. The van der Waals surface area contributed by atoms with Crippen LogP contribution in [0.5, 0.6) is 5.75 Å². The number of nitriles is 1. The van der Waals surface area contributed by atoms with Gasteiger partial charge in [0.2, 0.25) is 0 Å². The number of methoxy groups -OCH3 is 1. The summed E-state index contributed by atoms with van der Waals surface area (Å²) in [4.78, 5) is 18.5. The van der Waals surface area contributed by atoms with Crippen molar-refractivity contribution in [2.24, 2.45) is 0 Å². The lowest BCUT2D eigenvalue weighted by molar-refractivity contribution is -0.122. The summed E-state index contributed by atoms with van der Waals surface area (Å²) >= 11 is 6.50. The molecule has 0 aliphatic carbocycles. The maximum Gasteiger partial charge on any atom is 0.280 e. The van der Waals surface area contributed by atoms with E-state index in [1.54, 1.807) is 41.3 Å². The number of carbonyl (C=O) groups excluding carboxylic acids is 1. The second-order valence-electron chi connectivity index (χ2n) is 8.71.